The fraction of sp³-hybridized carbons (Fsp3) is 0.125. The minimum absolute atomic E-state index is 0.0946. The quantitative estimate of drug-likeness (QED) is 0.241. The van der Waals surface area contributed by atoms with Gasteiger partial charge in [0.25, 0.3) is 0 Å². The smallest absolute Gasteiger partial charge is 0.324 e. The van der Waals surface area contributed by atoms with E-state index < -0.39 is 58.8 Å². The molecule has 0 unspecified atom stereocenters. The summed E-state index contributed by atoms with van der Waals surface area (Å²) in [5, 5.41) is 7.62. The van der Waals surface area contributed by atoms with Crippen LogP contribution in [0.2, 0.25) is 5.02 Å². The van der Waals surface area contributed by atoms with E-state index in [9.17, 15) is 35.9 Å². The molecule has 0 aliphatic carbocycles. The van der Waals surface area contributed by atoms with Crippen molar-refractivity contribution >= 4 is 34.1 Å². The van der Waals surface area contributed by atoms with Crippen LogP contribution in [0.1, 0.15) is 11.1 Å². The molecule has 0 spiro atoms. The van der Waals surface area contributed by atoms with Crippen LogP contribution in [0.5, 0.6) is 0 Å². The maximum atomic E-state index is 13.9. The first kappa shape index (κ1) is 26.9. The van der Waals surface area contributed by atoms with Gasteiger partial charge in [0.15, 0.2) is 17.5 Å². The number of nitrogens with zero attached hydrogens (tertiary/aromatic N) is 6. The first-order chi connectivity index (χ1) is 18.8. The summed E-state index contributed by atoms with van der Waals surface area (Å²) in [6.45, 7) is -0.679. The minimum atomic E-state index is -4.84. The molecule has 0 atom stereocenters. The summed E-state index contributed by atoms with van der Waals surface area (Å²) in [5.74, 6) is -5.32. The molecule has 0 radical (unpaired) electrons. The van der Waals surface area contributed by atoms with Gasteiger partial charge in [0.05, 0.1) is 40.2 Å². The Labute approximate surface area is 223 Å². The second-order valence-corrected chi connectivity index (χ2v) is 8.95. The molecule has 0 fully saturated rings. The van der Waals surface area contributed by atoms with E-state index in [0.717, 1.165) is 10.8 Å². The van der Waals surface area contributed by atoms with Gasteiger partial charge in [-0.25, -0.2) is 27.3 Å². The monoisotopic (exact) mass is 581 g/mol. The first-order valence-corrected chi connectivity index (χ1v) is 11.5. The van der Waals surface area contributed by atoms with E-state index in [4.69, 9.17) is 11.6 Å². The summed E-state index contributed by atoms with van der Waals surface area (Å²) in [5.41, 5.74) is -3.93. The van der Waals surface area contributed by atoms with E-state index in [1.54, 1.807) is 13.2 Å². The highest BCUT2D eigenvalue weighted by molar-refractivity contribution is 6.34. The molecule has 206 valence electrons. The molecule has 0 bridgehead atoms. The number of pyridine rings is 1. The molecule has 5 aromatic rings. The summed E-state index contributed by atoms with van der Waals surface area (Å²) < 4.78 is 83.7. The van der Waals surface area contributed by atoms with Gasteiger partial charge in [-0.15, -0.1) is 0 Å². The molecule has 3 aromatic heterocycles. The van der Waals surface area contributed by atoms with Gasteiger partial charge in [-0.05, 0) is 35.9 Å². The molecule has 40 heavy (non-hydrogen) atoms. The number of hydrogen-bond acceptors (Lipinski definition) is 6. The lowest BCUT2D eigenvalue weighted by atomic mass is 10.2. The molecule has 5 rings (SSSR count). The second-order valence-electron chi connectivity index (χ2n) is 8.54. The second kappa shape index (κ2) is 9.82. The van der Waals surface area contributed by atoms with Crippen molar-refractivity contribution in [2.75, 3.05) is 5.32 Å². The minimum Gasteiger partial charge on any atom is -0.324 e. The Hall–Kier alpha value is -4.66. The third kappa shape index (κ3) is 5.02. The number of alkyl halides is 3. The number of anilines is 2. The van der Waals surface area contributed by atoms with Gasteiger partial charge in [0.1, 0.15) is 0 Å². The lowest BCUT2D eigenvalue weighted by molar-refractivity contribution is -0.137. The summed E-state index contributed by atoms with van der Waals surface area (Å²) >= 11 is 6.33. The zero-order valence-corrected chi connectivity index (χ0v) is 20.7. The van der Waals surface area contributed by atoms with Crippen molar-refractivity contribution in [2.45, 2.75) is 12.7 Å². The van der Waals surface area contributed by atoms with Crippen LogP contribution < -0.4 is 16.7 Å². The number of nitrogens with one attached hydrogen (secondary N) is 1. The van der Waals surface area contributed by atoms with Crippen LogP contribution in [0.15, 0.2) is 58.5 Å². The SMILES string of the molecule is Cn1cc2cc(Nc3nc(=O)n(-c4cncc(C(F)(F)F)c4)c(=O)n3Cc3cc(F)c(F)c(F)c3)c(Cl)cc2n1. The topological polar surface area (TPSA) is 99.6 Å². The number of rotatable bonds is 5. The van der Waals surface area contributed by atoms with Gasteiger partial charge in [-0.1, -0.05) is 11.6 Å². The molecule has 1 N–H and O–H groups in total. The van der Waals surface area contributed by atoms with E-state index in [2.05, 4.69) is 20.4 Å². The summed E-state index contributed by atoms with van der Waals surface area (Å²) in [6, 6.07) is 4.76. The summed E-state index contributed by atoms with van der Waals surface area (Å²) in [7, 11) is 1.67. The highest BCUT2D eigenvalue weighted by Crippen LogP contribution is 2.30. The lowest BCUT2D eigenvalue weighted by Gasteiger charge is -2.17. The predicted octanol–water partition coefficient (Wildman–Crippen LogP) is 4.56. The molecule has 2 aromatic carbocycles. The third-order valence-corrected chi connectivity index (χ3v) is 6.03. The van der Waals surface area contributed by atoms with Gasteiger partial charge >= 0.3 is 17.6 Å². The molecule has 0 saturated heterocycles. The summed E-state index contributed by atoms with van der Waals surface area (Å²) in [4.78, 5) is 33.7. The molecule has 3 heterocycles. The van der Waals surface area contributed by atoms with E-state index >= 15 is 0 Å². The van der Waals surface area contributed by atoms with Crippen LogP contribution in [0.25, 0.3) is 16.6 Å². The van der Waals surface area contributed by atoms with E-state index in [0.29, 0.717) is 39.9 Å². The Morgan fingerprint density at radius 2 is 1.70 bits per heavy atom. The van der Waals surface area contributed by atoms with Gasteiger partial charge in [0, 0.05) is 24.8 Å². The number of hydrogen-bond donors (Lipinski definition) is 1. The Morgan fingerprint density at radius 1 is 1.00 bits per heavy atom. The van der Waals surface area contributed by atoms with E-state index in [1.807, 2.05) is 0 Å². The van der Waals surface area contributed by atoms with Crippen LogP contribution in [0, 0.1) is 17.5 Å². The van der Waals surface area contributed by atoms with Crippen LogP contribution in [0.4, 0.5) is 38.0 Å². The lowest BCUT2D eigenvalue weighted by Crippen LogP contribution is -2.42. The standard InChI is InChI=1S/C24H14ClF6N7O2/c1-36-10-12-4-19(15(25)6-18(12)35-36)33-21-34-22(39)38(14-5-13(7-32-8-14)24(29,30)31)23(40)37(21)9-11-2-16(26)20(28)17(27)3-11/h2-8,10H,9H2,1H3,(H,33,34,39). The number of aryl methyl sites for hydroxylation is 1. The molecule has 0 amide bonds. The van der Waals surface area contributed by atoms with E-state index in [1.165, 1.54) is 16.8 Å². The Balaban J connectivity index is 1.70. The number of benzene rings is 2. The zero-order chi connectivity index (χ0) is 28.9. The Morgan fingerprint density at radius 3 is 2.38 bits per heavy atom. The van der Waals surface area contributed by atoms with Crippen LogP contribution >= 0.6 is 11.6 Å². The van der Waals surface area contributed by atoms with Crippen LogP contribution in [-0.4, -0.2) is 28.9 Å². The van der Waals surface area contributed by atoms with Crippen LogP contribution in [0.3, 0.4) is 0 Å². The fourth-order valence-corrected chi connectivity index (χ4v) is 4.13. The Kier molecular flexibility index (Phi) is 6.61. The summed E-state index contributed by atoms with van der Waals surface area (Å²) in [6.07, 6.45) is -1.86. The number of fused-ring (bicyclic) bond motifs is 1. The van der Waals surface area contributed by atoms with Crippen LogP contribution in [-0.2, 0) is 19.8 Å². The third-order valence-electron chi connectivity index (χ3n) is 5.72. The van der Waals surface area contributed by atoms with Crippen molar-refractivity contribution in [3.63, 3.8) is 0 Å². The molecular formula is C24H14ClF6N7O2. The predicted molar refractivity (Wildman–Crippen MR) is 131 cm³/mol. The van der Waals surface area contributed by atoms with Gasteiger partial charge < -0.3 is 5.32 Å². The molecule has 0 saturated carbocycles. The average Bonchev–Trinajstić information content (AvgIpc) is 3.23. The largest absolute Gasteiger partial charge is 0.417 e. The van der Waals surface area contributed by atoms with Crippen molar-refractivity contribution in [3.05, 3.63) is 103 Å². The van der Waals surface area contributed by atoms with Crippen molar-refractivity contribution in [3.8, 4) is 5.69 Å². The van der Waals surface area contributed by atoms with E-state index in [-0.39, 0.29) is 16.3 Å². The van der Waals surface area contributed by atoms with Crippen molar-refractivity contribution in [2.24, 2.45) is 7.05 Å². The maximum Gasteiger partial charge on any atom is 0.417 e. The van der Waals surface area contributed by atoms with Crippen molar-refractivity contribution in [1.29, 1.82) is 0 Å². The highest BCUT2D eigenvalue weighted by Gasteiger charge is 2.31. The molecule has 16 heteroatoms. The highest BCUT2D eigenvalue weighted by atomic mass is 35.5. The normalized spacial score (nSPS) is 11.8. The van der Waals surface area contributed by atoms with Gasteiger partial charge in [-0.2, -0.15) is 23.3 Å². The molecule has 0 aliphatic heterocycles. The number of halogens is 7. The number of aromatic nitrogens is 6. The zero-order valence-electron chi connectivity index (χ0n) is 20.0. The molecule has 9 nitrogen and oxygen atoms in total. The first-order valence-electron chi connectivity index (χ1n) is 11.1. The van der Waals surface area contributed by atoms with Crippen molar-refractivity contribution < 1.29 is 26.3 Å². The molecular weight excluding hydrogens is 568 g/mol. The maximum absolute atomic E-state index is 13.9. The fourth-order valence-electron chi connectivity index (χ4n) is 3.93. The Bertz CT molecular complexity index is 1890. The average molecular weight is 582 g/mol. The van der Waals surface area contributed by atoms with Gasteiger partial charge in [-0.3, -0.25) is 14.2 Å². The van der Waals surface area contributed by atoms with Gasteiger partial charge in [0.2, 0.25) is 5.95 Å². The molecule has 0 aliphatic rings. The van der Waals surface area contributed by atoms with Crippen molar-refractivity contribution in [1.82, 2.24) is 28.9 Å².